The molecule has 0 radical (unpaired) electrons. The first kappa shape index (κ1) is 14.0. The highest BCUT2D eigenvalue weighted by Gasteiger charge is 2.44. The molecule has 0 saturated heterocycles. The van der Waals surface area contributed by atoms with Gasteiger partial charge in [0.2, 0.25) is 5.91 Å². The van der Waals surface area contributed by atoms with Crippen LogP contribution in [0.4, 0.5) is 0 Å². The highest BCUT2D eigenvalue weighted by Crippen LogP contribution is 2.47. The van der Waals surface area contributed by atoms with Gasteiger partial charge in [-0.1, -0.05) is 30.3 Å². The van der Waals surface area contributed by atoms with Gasteiger partial charge in [-0.05, 0) is 18.4 Å². The van der Waals surface area contributed by atoms with E-state index in [4.69, 9.17) is 9.47 Å². The number of carbonyl (C=O) groups excluding carboxylic acids is 1. The van der Waals surface area contributed by atoms with Crippen molar-refractivity contribution in [2.75, 3.05) is 33.5 Å². The Morgan fingerprint density at radius 3 is 2.63 bits per heavy atom. The number of benzene rings is 1. The van der Waals surface area contributed by atoms with Gasteiger partial charge in [-0.3, -0.25) is 4.79 Å². The third-order valence-corrected chi connectivity index (χ3v) is 3.53. The van der Waals surface area contributed by atoms with Crippen LogP contribution in [0, 0.1) is 0 Å². The number of hydrogen-bond donors (Lipinski definition) is 1. The number of ether oxygens (including phenoxy) is 2. The Morgan fingerprint density at radius 1 is 1.26 bits per heavy atom. The highest BCUT2D eigenvalue weighted by molar-refractivity contribution is 5.77. The summed E-state index contributed by atoms with van der Waals surface area (Å²) in [4.78, 5) is 11.6. The van der Waals surface area contributed by atoms with Crippen molar-refractivity contribution in [2.24, 2.45) is 0 Å². The molecule has 1 aromatic carbocycles. The van der Waals surface area contributed by atoms with Gasteiger partial charge in [-0.2, -0.15) is 0 Å². The Balaban J connectivity index is 1.72. The maximum atomic E-state index is 11.6. The van der Waals surface area contributed by atoms with Gasteiger partial charge < -0.3 is 14.8 Å². The van der Waals surface area contributed by atoms with E-state index in [-0.39, 0.29) is 17.9 Å². The standard InChI is InChI=1S/C15H21NO3/c1-18-9-10-19-11-14(17)16-12-15(7-8-15)13-5-3-2-4-6-13/h2-6H,7-12H2,1H3,(H,16,17). The summed E-state index contributed by atoms with van der Waals surface area (Å²) in [5.74, 6) is -0.0571. The Bertz CT molecular complexity index is 401. The Labute approximate surface area is 114 Å². The van der Waals surface area contributed by atoms with Gasteiger partial charge in [0.15, 0.2) is 0 Å². The predicted octanol–water partition coefficient (Wildman–Crippen LogP) is 1.50. The molecule has 1 aliphatic rings. The zero-order valence-electron chi connectivity index (χ0n) is 11.4. The molecule has 0 atom stereocenters. The maximum Gasteiger partial charge on any atom is 0.246 e. The van der Waals surface area contributed by atoms with Crippen LogP contribution < -0.4 is 5.32 Å². The molecule has 0 spiro atoms. The molecule has 1 saturated carbocycles. The predicted molar refractivity (Wildman–Crippen MR) is 73.1 cm³/mol. The topological polar surface area (TPSA) is 47.6 Å². The van der Waals surface area contributed by atoms with E-state index in [0.717, 1.165) is 12.8 Å². The van der Waals surface area contributed by atoms with Crippen LogP contribution in [-0.4, -0.2) is 39.4 Å². The molecule has 1 amide bonds. The third-order valence-electron chi connectivity index (χ3n) is 3.53. The minimum atomic E-state index is -0.0571. The van der Waals surface area contributed by atoms with Crippen LogP contribution >= 0.6 is 0 Å². The number of amides is 1. The first-order valence-corrected chi connectivity index (χ1v) is 6.66. The average Bonchev–Trinajstić information content (AvgIpc) is 3.24. The second-order valence-electron chi connectivity index (χ2n) is 4.97. The molecule has 2 rings (SSSR count). The fraction of sp³-hybridized carbons (Fsp3) is 0.533. The van der Waals surface area contributed by atoms with Crippen LogP contribution in [0.3, 0.4) is 0 Å². The summed E-state index contributed by atoms with van der Waals surface area (Å²) in [6.07, 6.45) is 2.28. The molecule has 0 heterocycles. The summed E-state index contributed by atoms with van der Waals surface area (Å²) in [7, 11) is 1.61. The molecule has 104 valence electrons. The molecule has 1 aromatic rings. The molecular formula is C15H21NO3. The minimum Gasteiger partial charge on any atom is -0.382 e. The molecule has 1 fully saturated rings. The summed E-state index contributed by atoms with van der Waals surface area (Å²) in [6.45, 7) is 1.77. The Morgan fingerprint density at radius 2 is 2.00 bits per heavy atom. The average molecular weight is 263 g/mol. The van der Waals surface area contributed by atoms with Crippen molar-refractivity contribution in [1.29, 1.82) is 0 Å². The van der Waals surface area contributed by atoms with Gasteiger partial charge in [0.05, 0.1) is 13.2 Å². The zero-order chi connectivity index (χ0) is 13.6. The fourth-order valence-corrected chi connectivity index (χ4v) is 2.14. The molecule has 0 bridgehead atoms. The summed E-state index contributed by atoms with van der Waals surface area (Å²) < 4.78 is 10.0. The number of carbonyl (C=O) groups is 1. The first-order valence-electron chi connectivity index (χ1n) is 6.66. The number of methoxy groups -OCH3 is 1. The first-order chi connectivity index (χ1) is 9.27. The van der Waals surface area contributed by atoms with E-state index < -0.39 is 0 Å². The fourth-order valence-electron chi connectivity index (χ4n) is 2.14. The van der Waals surface area contributed by atoms with E-state index in [0.29, 0.717) is 19.8 Å². The van der Waals surface area contributed by atoms with Gasteiger partial charge in [0, 0.05) is 19.1 Å². The summed E-state index contributed by atoms with van der Waals surface area (Å²) >= 11 is 0. The Kier molecular flexibility index (Phi) is 4.93. The van der Waals surface area contributed by atoms with E-state index in [1.54, 1.807) is 7.11 Å². The van der Waals surface area contributed by atoms with E-state index in [9.17, 15) is 4.79 Å². The molecule has 0 unspecified atom stereocenters. The van der Waals surface area contributed by atoms with Crippen LogP contribution in [0.2, 0.25) is 0 Å². The van der Waals surface area contributed by atoms with Crippen molar-refractivity contribution < 1.29 is 14.3 Å². The number of hydrogen-bond acceptors (Lipinski definition) is 3. The summed E-state index contributed by atoms with van der Waals surface area (Å²) in [5, 5.41) is 2.96. The van der Waals surface area contributed by atoms with Gasteiger partial charge in [-0.25, -0.2) is 0 Å². The quantitative estimate of drug-likeness (QED) is 0.723. The van der Waals surface area contributed by atoms with Crippen LogP contribution in [0.5, 0.6) is 0 Å². The molecule has 19 heavy (non-hydrogen) atoms. The van der Waals surface area contributed by atoms with Crippen molar-refractivity contribution in [3.63, 3.8) is 0 Å². The van der Waals surface area contributed by atoms with Gasteiger partial charge in [0.25, 0.3) is 0 Å². The van der Waals surface area contributed by atoms with Crippen molar-refractivity contribution in [3.8, 4) is 0 Å². The van der Waals surface area contributed by atoms with E-state index in [1.165, 1.54) is 5.56 Å². The molecule has 0 aromatic heterocycles. The summed E-state index contributed by atoms with van der Waals surface area (Å²) in [6, 6.07) is 10.4. The SMILES string of the molecule is COCCOCC(=O)NCC1(c2ccccc2)CC1. The molecule has 1 aliphatic carbocycles. The van der Waals surface area contributed by atoms with Crippen molar-refractivity contribution in [2.45, 2.75) is 18.3 Å². The van der Waals surface area contributed by atoms with Crippen LogP contribution in [0.1, 0.15) is 18.4 Å². The van der Waals surface area contributed by atoms with Crippen molar-refractivity contribution >= 4 is 5.91 Å². The normalized spacial score (nSPS) is 16.1. The van der Waals surface area contributed by atoms with Crippen molar-refractivity contribution in [3.05, 3.63) is 35.9 Å². The number of nitrogens with one attached hydrogen (secondary N) is 1. The Hall–Kier alpha value is -1.39. The molecule has 0 aliphatic heterocycles. The molecular weight excluding hydrogens is 242 g/mol. The lowest BCUT2D eigenvalue weighted by molar-refractivity contribution is -0.126. The van der Waals surface area contributed by atoms with E-state index in [1.807, 2.05) is 18.2 Å². The molecule has 1 N–H and O–H groups in total. The number of rotatable bonds is 8. The highest BCUT2D eigenvalue weighted by atomic mass is 16.5. The van der Waals surface area contributed by atoms with Crippen LogP contribution in [-0.2, 0) is 19.7 Å². The second kappa shape index (κ2) is 6.68. The molecule has 4 heteroatoms. The zero-order valence-corrected chi connectivity index (χ0v) is 11.4. The van der Waals surface area contributed by atoms with Gasteiger partial charge in [0.1, 0.15) is 6.61 Å². The van der Waals surface area contributed by atoms with Gasteiger partial charge in [-0.15, -0.1) is 0 Å². The van der Waals surface area contributed by atoms with Crippen LogP contribution in [0.25, 0.3) is 0 Å². The second-order valence-corrected chi connectivity index (χ2v) is 4.97. The minimum absolute atomic E-state index is 0.0571. The third kappa shape index (κ3) is 4.04. The van der Waals surface area contributed by atoms with Crippen molar-refractivity contribution in [1.82, 2.24) is 5.32 Å². The summed E-state index contributed by atoms with van der Waals surface area (Å²) in [5.41, 5.74) is 1.47. The van der Waals surface area contributed by atoms with Crippen LogP contribution in [0.15, 0.2) is 30.3 Å². The largest absolute Gasteiger partial charge is 0.382 e. The lowest BCUT2D eigenvalue weighted by Gasteiger charge is -2.16. The maximum absolute atomic E-state index is 11.6. The monoisotopic (exact) mass is 263 g/mol. The molecule has 4 nitrogen and oxygen atoms in total. The van der Waals surface area contributed by atoms with E-state index in [2.05, 4.69) is 17.4 Å². The smallest absolute Gasteiger partial charge is 0.246 e. The van der Waals surface area contributed by atoms with E-state index >= 15 is 0 Å². The lowest BCUT2D eigenvalue weighted by atomic mass is 9.96. The lowest BCUT2D eigenvalue weighted by Crippen LogP contribution is -2.34. The van der Waals surface area contributed by atoms with Gasteiger partial charge >= 0.3 is 0 Å².